The third-order valence-electron chi connectivity index (χ3n) is 6.01. The molecule has 2 aromatic rings. The summed E-state index contributed by atoms with van der Waals surface area (Å²) in [4.78, 5) is 2.50. The zero-order valence-electron chi connectivity index (χ0n) is 18.7. The number of ether oxygens (including phenoxy) is 1. The molecule has 0 unspecified atom stereocenters. The van der Waals surface area contributed by atoms with Gasteiger partial charge in [-0.15, -0.1) is 0 Å². The fourth-order valence-electron chi connectivity index (χ4n) is 4.58. The molecule has 0 aromatic heterocycles. The average Bonchev–Trinajstić information content (AvgIpc) is 3.19. The van der Waals surface area contributed by atoms with Gasteiger partial charge >= 0.3 is 0 Å². The van der Waals surface area contributed by atoms with Crippen molar-refractivity contribution in [2.75, 3.05) is 45.4 Å². The number of hydrogen-bond donors (Lipinski definition) is 2. The van der Waals surface area contributed by atoms with Gasteiger partial charge in [0.25, 0.3) is 10.1 Å². The first-order valence-corrected chi connectivity index (χ1v) is 12.7. The van der Waals surface area contributed by atoms with Crippen molar-refractivity contribution in [1.29, 1.82) is 0 Å². The van der Waals surface area contributed by atoms with Gasteiger partial charge in [-0.05, 0) is 79.5 Å². The topological polar surface area (TPSA) is 78.9 Å². The van der Waals surface area contributed by atoms with Crippen LogP contribution in [0.3, 0.4) is 0 Å². The number of nitrogens with one attached hydrogen (secondary N) is 1. The lowest BCUT2D eigenvalue weighted by Gasteiger charge is -2.30. The first-order valence-electron chi connectivity index (χ1n) is 10.9. The van der Waals surface area contributed by atoms with Crippen molar-refractivity contribution in [2.24, 2.45) is 0 Å². The fraction of sp³-hybridized carbons (Fsp3) is 0.500. The van der Waals surface area contributed by atoms with Crippen molar-refractivity contribution in [1.82, 2.24) is 4.90 Å². The normalized spacial score (nSPS) is 17.3. The van der Waals surface area contributed by atoms with Crippen LogP contribution in [-0.2, 0) is 29.4 Å². The molecule has 1 aliphatic carbocycles. The van der Waals surface area contributed by atoms with Gasteiger partial charge in [0, 0.05) is 25.3 Å². The van der Waals surface area contributed by atoms with Crippen LogP contribution >= 0.6 is 0 Å². The van der Waals surface area contributed by atoms with Crippen molar-refractivity contribution in [2.45, 2.75) is 38.0 Å². The smallest absolute Gasteiger partial charge is 0.261 e. The Morgan fingerprint density at radius 3 is 2.74 bits per heavy atom. The Labute approximate surface area is 186 Å². The number of rotatable bonds is 6. The lowest BCUT2D eigenvalue weighted by atomic mass is 9.82. The Morgan fingerprint density at radius 2 is 2.00 bits per heavy atom. The van der Waals surface area contributed by atoms with Crippen molar-refractivity contribution >= 4 is 15.8 Å². The molecule has 0 bridgehead atoms. The quantitative estimate of drug-likeness (QED) is 0.658. The Balaban J connectivity index is 0.000000491. The molecule has 1 atom stereocenters. The molecule has 0 amide bonds. The third kappa shape index (κ3) is 6.95. The van der Waals surface area contributed by atoms with Gasteiger partial charge in [-0.2, -0.15) is 8.42 Å². The van der Waals surface area contributed by atoms with E-state index in [4.69, 9.17) is 9.29 Å². The van der Waals surface area contributed by atoms with E-state index in [-0.39, 0.29) is 0 Å². The molecule has 31 heavy (non-hydrogen) atoms. The largest absolute Gasteiger partial charge is 0.496 e. The molecule has 1 aliphatic heterocycles. The van der Waals surface area contributed by atoms with Crippen LogP contribution < -0.4 is 10.1 Å². The van der Waals surface area contributed by atoms with Gasteiger partial charge in [-0.3, -0.25) is 4.55 Å². The van der Waals surface area contributed by atoms with Gasteiger partial charge in [0.15, 0.2) is 0 Å². The highest BCUT2D eigenvalue weighted by molar-refractivity contribution is 7.85. The molecule has 0 radical (unpaired) electrons. The van der Waals surface area contributed by atoms with E-state index in [0.717, 1.165) is 38.2 Å². The molecule has 0 fully saturated rings. The third-order valence-corrected chi connectivity index (χ3v) is 6.01. The summed E-state index contributed by atoms with van der Waals surface area (Å²) >= 11 is 0. The molecule has 7 heteroatoms. The summed E-state index contributed by atoms with van der Waals surface area (Å²) in [5.74, 6) is 1.70. The summed E-state index contributed by atoms with van der Waals surface area (Å²) in [6, 6.07) is 13.5. The standard InChI is InChI=1S/C23H30N2O.CH4O3S/c1-25(14-12-17-9-10-18-11-13-24-22(18)15-17)16-19-5-3-7-21-20(19)6-4-8-23(21)26-2;1-5(2,3)4/h4,6,8-10,15,19,24H,3,5,7,11-14,16H2,1-2H3;1H3,(H,2,3,4)/t19-;/m0./s1. The van der Waals surface area contributed by atoms with Crippen LogP contribution in [0.2, 0.25) is 0 Å². The van der Waals surface area contributed by atoms with Crippen LogP contribution in [0.4, 0.5) is 5.69 Å². The molecule has 6 nitrogen and oxygen atoms in total. The summed E-state index contributed by atoms with van der Waals surface area (Å²) in [6.07, 6.45) is 6.70. The van der Waals surface area contributed by atoms with E-state index in [1.165, 1.54) is 47.2 Å². The molecule has 170 valence electrons. The SMILES string of the molecule is COc1cccc2c1CCC[C@H]2CN(C)CCc1ccc2c(c1)NCC2.CS(=O)(=O)O. The minimum absolute atomic E-state index is 0.625. The summed E-state index contributed by atoms with van der Waals surface area (Å²) < 4.78 is 31.5. The minimum atomic E-state index is -3.67. The average molecular weight is 447 g/mol. The van der Waals surface area contributed by atoms with Crippen molar-refractivity contribution in [3.63, 3.8) is 0 Å². The van der Waals surface area contributed by atoms with Gasteiger partial charge in [0.05, 0.1) is 13.4 Å². The van der Waals surface area contributed by atoms with E-state index >= 15 is 0 Å². The van der Waals surface area contributed by atoms with E-state index in [2.05, 4.69) is 53.7 Å². The Bertz CT molecular complexity index is 983. The number of anilines is 1. The maximum Gasteiger partial charge on any atom is 0.261 e. The molecule has 0 saturated heterocycles. The van der Waals surface area contributed by atoms with E-state index in [9.17, 15) is 8.42 Å². The monoisotopic (exact) mass is 446 g/mol. The van der Waals surface area contributed by atoms with Gasteiger partial charge in [-0.25, -0.2) is 0 Å². The molecule has 1 heterocycles. The maximum absolute atomic E-state index is 9.19. The minimum Gasteiger partial charge on any atom is -0.496 e. The van der Waals surface area contributed by atoms with E-state index in [1.807, 2.05) is 0 Å². The second-order valence-corrected chi connectivity index (χ2v) is 10.00. The van der Waals surface area contributed by atoms with E-state index in [0.29, 0.717) is 12.2 Å². The number of nitrogens with zero attached hydrogens (tertiary/aromatic N) is 1. The van der Waals surface area contributed by atoms with Crippen LogP contribution in [0.5, 0.6) is 5.75 Å². The number of benzene rings is 2. The molecule has 2 N–H and O–H groups in total. The number of hydrogen-bond acceptors (Lipinski definition) is 5. The van der Waals surface area contributed by atoms with Crippen LogP contribution in [-0.4, -0.2) is 57.9 Å². The van der Waals surface area contributed by atoms with E-state index < -0.39 is 10.1 Å². The van der Waals surface area contributed by atoms with Gasteiger partial charge in [0.1, 0.15) is 5.75 Å². The van der Waals surface area contributed by atoms with Gasteiger partial charge in [0.2, 0.25) is 0 Å². The molecule has 2 aromatic carbocycles. The second kappa shape index (κ2) is 10.5. The zero-order valence-corrected chi connectivity index (χ0v) is 19.5. The highest BCUT2D eigenvalue weighted by atomic mass is 32.2. The van der Waals surface area contributed by atoms with Crippen LogP contribution in [0.1, 0.15) is 41.0 Å². The zero-order chi connectivity index (χ0) is 22.4. The maximum atomic E-state index is 9.19. The Morgan fingerprint density at radius 1 is 1.23 bits per heavy atom. The molecule has 2 aliphatic rings. The number of likely N-dealkylation sites (N-methyl/N-ethyl adjacent to an activating group) is 1. The predicted molar refractivity (Wildman–Crippen MR) is 126 cm³/mol. The first kappa shape index (κ1) is 23.6. The fourth-order valence-corrected chi connectivity index (χ4v) is 4.58. The Kier molecular flexibility index (Phi) is 7.97. The van der Waals surface area contributed by atoms with E-state index in [1.54, 1.807) is 7.11 Å². The number of methoxy groups -OCH3 is 1. The van der Waals surface area contributed by atoms with Crippen LogP contribution in [0, 0.1) is 0 Å². The summed E-state index contributed by atoms with van der Waals surface area (Å²) in [5.41, 5.74) is 7.19. The molecule has 0 saturated carbocycles. The van der Waals surface area contributed by atoms with Crippen LogP contribution in [0.25, 0.3) is 0 Å². The second-order valence-electron chi connectivity index (χ2n) is 8.53. The highest BCUT2D eigenvalue weighted by Gasteiger charge is 2.23. The van der Waals surface area contributed by atoms with Gasteiger partial charge < -0.3 is 15.0 Å². The van der Waals surface area contributed by atoms with Crippen molar-refractivity contribution in [3.05, 3.63) is 58.7 Å². The summed E-state index contributed by atoms with van der Waals surface area (Å²) in [7, 11) is 0.386. The van der Waals surface area contributed by atoms with Gasteiger partial charge in [-0.1, -0.05) is 24.3 Å². The van der Waals surface area contributed by atoms with Crippen molar-refractivity contribution in [3.8, 4) is 5.75 Å². The highest BCUT2D eigenvalue weighted by Crippen LogP contribution is 2.37. The van der Waals surface area contributed by atoms with Crippen LogP contribution in [0.15, 0.2) is 36.4 Å². The first-order chi connectivity index (χ1) is 14.7. The van der Waals surface area contributed by atoms with Crippen molar-refractivity contribution < 1.29 is 17.7 Å². The summed E-state index contributed by atoms with van der Waals surface area (Å²) in [5, 5.41) is 3.49. The lowest BCUT2D eigenvalue weighted by molar-refractivity contribution is 0.299. The number of fused-ring (bicyclic) bond motifs is 2. The molecular formula is C24H34N2O4S. The predicted octanol–water partition coefficient (Wildman–Crippen LogP) is 3.76. The molecule has 0 spiro atoms. The molecule has 4 rings (SSSR count). The molecular weight excluding hydrogens is 412 g/mol. The summed E-state index contributed by atoms with van der Waals surface area (Å²) in [6.45, 7) is 3.32. The lowest BCUT2D eigenvalue weighted by Crippen LogP contribution is -2.28. The Hall–Kier alpha value is -2.09.